The van der Waals surface area contributed by atoms with E-state index in [0.29, 0.717) is 12.5 Å². The maximum absolute atomic E-state index is 12.2. The molecule has 3 N–H and O–H groups in total. The van der Waals surface area contributed by atoms with Gasteiger partial charge in [0, 0.05) is 12.6 Å². The fourth-order valence-electron chi connectivity index (χ4n) is 3.25. The number of nitrogens with one attached hydrogen (secondary N) is 1. The lowest BCUT2D eigenvalue weighted by molar-refractivity contribution is -0.146. The van der Waals surface area contributed by atoms with Gasteiger partial charge in [0.2, 0.25) is 0 Å². The van der Waals surface area contributed by atoms with Crippen LogP contribution in [0.1, 0.15) is 38.5 Å². The standard InChI is InChI=1S/C13H21N3O2S/c14-11(19)8-15-12(17)13(18)16-7-3-6-10(16)9-4-1-2-5-9/h9-10H,1-8H2,(H2,14,19)(H,15,17). The van der Waals surface area contributed by atoms with Crippen LogP contribution in [0.15, 0.2) is 0 Å². The van der Waals surface area contributed by atoms with Crippen LogP contribution < -0.4 is 11.1 Å². The normalized spacial score (nSPS) is 23.6. The molecule has 2 fully saturated rings. The first-order chi connectivity index (χ1) is 9.09. The number of likely N-dealkylation sites (tertiary alicyclic amines) is 1. The maximum atomic E-state index is 12.2. The Morgan fingerprint density at radius 2 is 1.89 bits per heavy atom. The molecule has 0 aromatic rings. The number of hydrogen-bond acceptors (Lipinski definition) is 3. The van der Waals surface area contributed by atoms with E-state index in [2.05, 4.69) is 17.5 Å². The summed E-state index contributed by atoms with van der Waals surface area (Å²) in [6, 6.07) is 0.255. The summed E-state index contributed by atoms with van der Waals surface area (Å²) < 4.78 is 0. The first kappa shape index (κ1) is 14.2. The maximum Gasteiger partial charge on any atom is 0.312 e. The molecule has 0 aromatic carbocycles. The van der Waals surface area contributed by atoms with Crippen molar-refractivity contribution in [3.8, 4) is 0 Å². The zero-order chi connectivity index (χ0) is 13.8. The van der Waals surface area contributed by atoms with Gasteiger partial charge in [-0.2, -0.15) is 0 Å². The number of carbonyl (C=O) groups excluding carboxylic acids is 2. The van der Waals surface area contributed by atoms with Crippen LogP contribution in [-0.4, -0.2) is 40.8 Å². The first-order valence-corrected chi connectivity index (χ1v) is 7.37. The van der Waals surface area contributed by atoms with Gasteiger partial charge in [0.15, 0.2) is 0 Å². The topological polar surface area (TPSA) is 75.4 Å². The predicted molar refractivity (Wildman–Crippen MR) is 76.5 cm³/mol. The highest BCUT2D eigenvalue weighted by molar-refractivity contribution is 7.80. The lowest BCUT2D eigenvalue weighted by Gasteiger charge is -2.28. The van der Waals surface area contributed by atoms with Crippen LogP contribution in [0, 0.1) is 5.92 Å². The number of rotatable bonds is 3. The molecule has 19 heavy (non-hydrogen) atoms. The van der Waals surface area contributed by atoms with Crippen molar-refractivity contribution < 1.29 is 9.59 Å². The Hall–Kier alpha value is -1.17. The number of hydrogen-bond donors (Lipinski definition) is 2. The molecule has 0 spiro atoms. The summed E-state index contributed by atoms with van der Waals surface area (Å²) in [4.78, 5) is 25.9. The Morgan fingerprint density at radius 3 is 2.53 bits per heavy atom. The first-order valence-electron chi connectivity index (χ1n) is 6.96. The van der Waals surface area contributed by atoms with Crippen molar-refractivity contribution >= 4 is 29.0 Å². The molecule has 1 aliphatic heterocycles. The van der Waals surface area contributed by atoms with Gasteiger partial charge in [-0.25, -0.2) is 0 Å². The van der Waals surface area contributed by atoms with Crippen LogP contribution >= 0.6 is 12.2 Å². The second-order valence-electron chi connectivity index (χ2n) is 5.40. The van der Waals surface area contributed by atoms with Crippen LogP contribution in [0.2, 0.25) is 0 Å². The SMILES string of the molecule is NC(=S)CNC(=O)C(=O)N1CCCC1C1CCCC1. The van der Waals surface area contributed by atoms with E-state index in [4.69, 9.17) is 5.73 Å². The molecule has 1 unspecified atom stereocenters. The summed E-state index contributed by atoms with van der Waals surface area (Å²) in [6.45, 7) is 0.780. The van der Waals surface area contributed by atoms with E-state index in [1.54, 1.807) is 4.90 Å². The third-order valence-corrected chi connectivity index (χ3v) is 4.27. The Balaban J connectivity index is 1.93. The van der Waals surface area contributed by atoms with Crippen molar-refractivity contribution in [1.82, 2.24) is 10.2 Å². The fourth-order valence-corrected chi connectivity index (χ4v) is 3.32. The third-order valence-electron chi connectivity index (χ3n) is 4.12. The molecule has 0 bridgehead atoms. The Bertz CT molecular complexity index is 380. The van der Waals surface area contributed by atoms with Gasteiger partial charge in [-0.15, -0.1) is 0 Å². The molecule has 2 rings (SSSR count). The van der Waals surface area contributed by atoms with Gasteiger partial charge in [0.1, 0.15) is 0 Å². The Morgan fingerprint density at radius 1 is 1.21 bits per heavy atom. The van der Waals surface area contributed by atoms with Crippen molar-refractivity contribution in [2.75, 3.05) is 13.1 Å². The summed E-state index contributed by atoms with van der Waals surface area (Å²) in [7, 11) is 0. The van der Waals surface area contributed by atoms with E-state index in [0.717, 1.165) is 12.8 Å². The minimum atomic E-state index is -0.585. The molecule has 1 aliphatic carbocycles. The fraction of sp³-hybridized carbons (Fsp3) is 0.769. The number of nitrogens with two attached hydrogens (primary N) is 1. The largest absolute Gasteiger partial charge is 0.392 e. The Labute approximate surface area is 118 Å². The minimum absolute atomic E-state index is 0.0852. The lowest BCUT2D eigenvalue weighted by atomic mass is 9.96. The lowest BCUT2D eigenvalue weighted by Crippen LogP contribution is -2.48. The van der Waals surface area contributed by atoms with Crippen LogP contribution in [0.4, 0.5) is 0 Å². The molecule has 106 valence electrons. The zero-order valence-electron chi connectivity index (χ0n) is 11.1. The molecular weight excluding hydrogens is 262 g/mol. The molecule has 5 nitrogen and oxygen atoms in total. The van der Waals surface area contributed by atoms with E-state index in [1.807, 2.05) is 0 Å². The number of thiocarbonyl (C=S) groups is 1. The monoisotopic (exact) mass is 283 g/mol. The third kappa shape index (κ3) is 3.43. The van der Waals surface area contributed by atoms with Crippen LogP contribution in [-0.2, 0) is 9.59 Å². The van der Waals surface area contributed by atoms with Crippen molar-refractivity contribution in [2.45, 2.75) is 44.6 Å². The zero-order valence-corrected chi connectivity index (χ0v) is 11.9. The average molecular weight is 283 g/mol. The van der Waals surface area contributed by atoms with Gasteiger partial charge >= 0.3 is 11.8 Å². The molecule has 1 saturated carbocycles. The molecule has 0 radical (unpaired) electrons. The highest BCUT2D eigenvalue weighted by Gasteiger charge is 2.37. The van der Waals surface area contributed by atoms with Gasteiger partial charge in [0.25, 0.3) is 0 Å². The highest BCUT2D eigenvalue weighted by atomic mass is 32.1. The minimum Gasteiger partial charge on any atom is -0.392 e. The van der Waals surface area contributed by atoms with E-state index in [-0.39, 0.29) is 17.6 Å². The van der Waals surface area contributed by atoms with E-state index in [1.165, 1.54) is 25.7 Å². The van der Waals surface area contributed by atoms with Crippen LogP contribution in [0.3, 0.4) is 0 Å². The summed E-state index contributed by atoms with van der Waals surface area (Å²) >= 11 is 4.68. The van der Waals surface area contributed by atoms with Gasteiger partial charge in [-0.05, 0) is 31.6 Å². The van der Waals surface area contributed by atoms with E-state index in [9.17, 15) is 9.59 Å². The second kappa shape index (κ2) is 6.32. The number of nitrogens with zero attached hydrogens (tertiary/aromatic N) is 1. The summed E-state index contributed by atoms with van der Waals surface area (Å²) in [5, 5.41) is 2.47. The molecule has 1 saturated heterocycles. The molecule has 2 amide bonds. The van der Waals surface area contributed by atoms with Crippen molar-refractivity contribution in [3.05, 3.63) is 0 Å². The molecule has 1 atom stereocenters. The predicted octanol–water partition coefficient (Wildman–Crippen LogP) is 0.570. The second-order valence-corrected chi connectivity index (χ2v) is 5.93. The molecule has 2 aliphatic rings. The van der Waals surface area contributed by atoms with E-state index >= 15 is 0 Å². The van der Waals surface area contributed by atoms with Gasteiger partial charge < -0.3 is 16.0 Å². The van der Waals surface area contributed by atoms with Crippen molar-refractivity contribution in [2.24, 2.45) is 11.7 Å². The molecule has 6 heteroatoms. The van der Waals surface area contributed by atoms with Gasteiger partial charge in [-0.3, -0.25) is 9.59 Å². The highest BCUT2D eigenvalue weighted by Crippen LogP contribution is 2.35. The van der Waals surface area contributed by atoms with Crippen molar-refractivity contribution in [1.29, 1.82) is 0 Å². The smallest absolute Gasteiger partial charge is 0.312 e. The quantitative estimate of drug-likeness (QED) is 0.586. The molecule has 0 aromatic heterocycles. The molecule has 1 heterocycles. The summed E-state index contributed by atoms with van der Waals surface area (Å²) in [5.41, 5.74) is 5.31. The molecular formula is C13H21N3O2S. The Kier molecular flexibility index (Phi) is 4.74. The van der Waals surface area contributed by atoms with Gasteiger partial charge in [0.05, 0.1) is 11.5 Å². The van der Waals surface area contributed by atoms with Crippen molar-refractivity contribution in [3.63, 3.8) is 0 Å². The van der Waals surface area contributed by atoms with Gasteiger partial charge in [-0.1, -0.05) is 25.1 Å². The summed E-state index contributed by atoms with van der Waals surface area (Å²) in [6.07, 6.45) is 6.88. The van der Waals surface area contributed by atoms with Crippen LogP contribution in [0.25, 0.3) is 0 Å². The summed E-state index contributed by atoms with van der Waals surface area (Å²) in [5.74, 6) is -0.432. The number of carbonyl (C=O) groups is 2. The van der Waals surface area contributed by atoms with Crippen LogP contribution in [0.5, 0.6) is 0 Å². The number of amides is 2. The van der Waals surface area contributed by atoms with E-state index < -0.39 is 11.8 Å². The average Bonchev–Trinajstić information content (AvgIpc) is 3.03.